The fourth-order valence-electron chi connectivity index (χ4n) is 0.876. The van der Waals surface area contributed by atoms with Crippen LogP contribution in [0.3, 0.4) is 0 Å². The molecule has 0 radical (unpaired) electrons. The van der Waals surface area contributed by atoms with Crippen molar-refractivity contribution in [1.82, 2.24) is 0 Å². The topological polar surface area (TPSA) is 23.8 Å². The average molecular weight is 234 g/mol. The minimum Gasteiger partial charge on any atom is -0.205 e. The number of nitriles is 1. The lowest BCUT2D eigenvalue weighted by Gasteiger charge is -2.17. The molecule has 12 heavy (non-hydrogen) atoms. The van der Waals surface area contributed by atoms with Crippen LogP contribution in [0.2, 0.25) is 0 Å². The van der Waals surface area contributed by atoms with E-state index < -0.39 is 10.7 Å². The van der Waals surface area contributed by atoms with Crippen molar-refractivity contribution in [2.75, 3.05) is 0 Å². The molecule has 1 aliphatic rings. The van der Waals surface area contributed by atoms with Gasteiger partial charge in [-0.15, -0.1) is 0 Å². The summed E-state index contributed by atoms with van der Waals surface area (Å²) < 4.78 is 23.3. The van der Waals surface area contributed by atoms with E-state index in [9.17, 15) is 8.78 Å². The Morgan fingerprint density at radius 1 is 1.67 bits per heavy atom. The number of allylic oxidation sites excluding steroid dienone is 4. The number of alkyl halides is 3. The van der Waals surface area contributed by atoms with Gasteiger partial charge in [0.25, 0.3) is 6.43 Å². The minimum absolute atomic E-state index is 0.0136. The largest absolute Gasteiger partial charge is 0.263 e. The summed E-state index contributed by atoms with van der Waals surface area (Å²) in [5.74, 6) is 0. The van der Waals surface area contributed by atoms with Crippen LogP contribution >= 0.6 is 15.9 Å². The number of rotatable bonds is 1. The van der Waals surface area contributed by atoms with Gasteiger partial charge in [0.15, 0.2) is 0 Å². The van der Waals surface area contributed by atoms with Crippen LogP contribution in [0.4, 0.5) is 8.78 Å². The normalized spacial score (nSPS) is 28.4. The van der Waals surface area contributed by atoms with Gasteiger partial charge in [0.05, 0.1) is 6.07 Å². The molecule has 0 saturated heterocycles. The minimum atomic E-state index is -2.45. The van der Waals surface area contributed by atoms with Crippen molar-refractivity contribution in [3.63, 3.8) is 0 Å². The second-order valence-corrected chi connectivity index (χ2v) is 3.93. The van der Waals surface area contributed by atoms with Crippen LogP contribution in [0, 0.1) is 11.3 Å². The van der Waals surface area contributed by atoms with E-state index in [1.807, 2.05) is 6.07 Å². The van der Waals surface area contributed by atoms with Crippen LogP contribution in [0.5, 0.6) is 0 Å². The van der Waals surface area contributed by atoms with E-state index in [-0.39, 0.29) is 5.57 Å². The molecule has 0 aromatic rings. The van der Waals surface area contributed by atoms with Crippen molar-refractivity contribution < 1.29 is 8.78 Å². The molecule has 0 fully saturated rings. The number of nitrogens with zero attached hydrogens (tertiary/aromatic N) is 1. The van der Waals surface area contributed by atoms with E-state index in [1.165, 1.54) is 18.2 Å². The first-order chi connectivity index (χ1) is 5.57. The summed E-state index contributed by atoms with van der Waals surface area (Å²) in [6.45, 7) is 0. The Labute approximate surface area is 77.5 Å². The first kappa shape index (κ1) is 9.40. The Bertz CT molecular complexity index is 277. The van der Waals surface area contributed by atoms with Crippen LogP contribution in [0.15, 0.2) is 23.8 Å². The van der Waals surface area contributed by atoms with Gasteiger partial charge in [0.1, 0.15) is 4.32 Å². The highest BCUT2D eigenvalue weighted by Gasteiger charge is 2.25. The molecule has 0 spiro atoms. The summed E-state index contributed by atoms with van der Waals surface area (Å²) in [6, 6.07) is 1.98. The molecule has 1 aliphatic carbocycles. The van der Waals surface area contributed by atoms with Crippen molar-refractivity contribution in [1.29, 1.82) is 5.26 Å². The number of halogens is 3. The Morgan fingerprint density at radius 3 is 2.67 bits per heavy atom. The predicted molar refractivity (Wildman–Crippen MR) is 45.1 cm³/mol. The van der Waals surface area contributed by atoms with Crippen molar-refractivity contribution in [2.45, 2.75) is 17.2 Å². The maximum Gasteiger partial charge on any atom is 0.263 e. The number of hydrogen-bond acceptors (Lipinski definition) is 1. The molecule has 0 aliphatic heterocycles. The predicted octanol–water partition coefficient (Wildman–Crippen LogP) is 2.80. The SMILES string of the molecule is N#CC1(Br)C=CC(C(F)F)=CC1. The first-order valence-electron chi connectivity index (χ1n) is 3.35. The van der Waals surface area contributed by atoms with Crippen LogP contribution < -0.4 is 0 Å². The lowest BCUT2D eigenvalue weighted by Crippen LogP contribution is -2.17. The van der Waals surface area contributed by atoms with Gasteiger partial charge in [-0.3, -0.25) is 0 Å². The lowest BCUT2D eigenvalue weighted by atomic mass is 9.98. The van der Waals surface area contributed by atoms with Gasteiger partial charge in [0.2, 0.25) is 0 Å². The molecule has 64 valence electrons. The van der Waals surface area contributed by atoms with Crippen LogP contribution in [-0.2, 0) is 0 Å². The van der Waals surface area contributed by atoms with Crippen LogP contribution in [0.1, 0.15) is 6.42 Å². The first-order valence-corrected chi connectivity index (χ1v) is 4.14. The Morgan fingerprint density at radius 2 is 2.33 bits per heavy atom. The Kier molecular flexibility index (Phi) is 2.63. The summed E-state index contributed by atoms with van der Waals surface area (Å²) in [7, 11) is 0. The standard InChI is InChI=1S/C8H6BrF2N/c9-8(5-12)3-1-6(2-4-8)7(10)11/h1-3,7H,4H2. The third-order valence-electron chi connectivity index (χ3n) is 1.61. The van der Waals surface area contributed by atoms with Gasteiger partial charge in [-0.2, -0.15) is 5.26 Å². The average Bonchev–Trinajstić information content (AvgIpc) is 2.05. The number of hydrogen-bond donors (Lipinski definition) is 0. The smallest absolute Gasteiger partial charge is 0.205 e. The van der Waals surface area contributed by atoms with E-state index in [4.69, 9.17) is 5.26 Å². The van der Waals surface area contributed by atoms with E-state index in [2.05, 4.69) is 15.9 Å². The quantitative estimate of drug-likeness (QED) is 0.640. The molecule has 0 bridgehead atoms. The van der Waals surface area contributed by atoms with Gasteiger partial charge in [-0.1, -0.05) is 34.2 Å². The maximum atomic E-state index is 12.1. The zero-order valence-corrected chi connectivity index (χ0v) is 7.68. The second kappa shape index (κ2) is 3.36. The molecule has 0 aromatic heterocycles. The summed E-state index contributed by atoms with van der Waals surface area (Å²) in [6.07, 6.45) is 1.96. The molecule has 1 unspecified atom stereocenters. The molecule has 0 heterocycles. The molecule has 0 N–H and O–H groups in total. The summed E-state index contributed by atoms with van der Waals surface area (Å²) in [5.41, 5.74) is -0.0136. The molecule has 1 atom stereocenters. The monoisotopic (exact) mass is 233 g/mol. The lowest BCUT2D eigenvalue weighted by molar-refractivity contribution is 0.193. The molecule has 4 heteroatoms. The summed E-state index contributed by atoms with van der Waals surface area (Å²) in [4.78, 5) is 0. The van der Waals surface area contributed by atoms with Gasteiger partial charge in [-0.05, 0) is 6.42 Å². The molecular weight excluding hydrogens is 228 g/mol. The summed E-state index contributed by atoms with van der Waals surface area (Å²) >= 11 is 3.13. The maximum absolute atomic E-state index is 12.1. The molecule has 0 amide bonds. The van der Waals surface area contributed by atoms with Gasteiger partial charge >= 0.3 is 0 Å². The van der Waals surface area contributed by atoms with Crippen molar-refractivity contribution in [3.8, 4) is 6.07 Å². The van der Waals surface area contributed by atoms with Gasteiger partial charge < -0.3 is 0 Å². The van der Waals surface area contributed by atoms with Crippen molar-refractivity contribution in [3.05, 3.63) is 23.8 Å². The van der Waals surface area contributed by atoms with Gasteiger partial charge in [-0.25, -0.2) is 8.78 Å². The Hall–Kier alpha value is -0.690. The zero-order chi connectivity index (χ0) is 9.19. The second-order valence-electron chi connectivity index (χ2n) is 2.52. The Balaban J connectivity index is 2.76. The molecule has 1 nitrogen and oxygen atoms in total. The third-order valence-corrected chi connectivity index (χ3v) is 2.38. The molecular formula is C8H6BrF2N. The highest BCUT2D eigenvalue weighted by atomic mass is 79.9. The molecule has 0 aromatic carbocycles. The summed E-state index contributed by atoms with van der Waals surface area (Å²) in [5, 5.41) is 8.61. The van der Waals surface area contributed by atoms with Crippen LogP contribution in [0.25, 0.3) is 0 Å². The van der Waals surface area contributed by atoms with Crippen LogP contribution in [-0.4, -0.2) is 10.7 Å². The van der Waals surface area contributed by atoms with E-state index >= 15 is 0 Å². The third kappa shape index (κ3) is 1.92. The van der Waals surface area contributed by atoms with Gasteiger partial charge in [0, 0.05) is 5.57 Å². The van der Waals surface area contributed by atoms with E-state index in [1.54, 1.807) is 0 Å². The zero-order valence-electron chi connectivity index (χ0n) is 6.10. The van der Waals surface area contributed by atoms with E-state index in [0.717, 1.165) is 0 Å². The molecule has 0 saturated carbocycles. The highest BCUT2D eigenvalue weighted by Crippen LogP contribution is 2.30. The highest BCUT2D eigenvalue weighted by molar-refractivity contribution is 9.10. The fourth-order valence-corrected chi connectivity index (χ4v) is 1.17. The molecule has 1 rings (SSSR count). The van der Waals surface area contributed by atoms with Crippen molar-refractivity contribution in [2.24, 2.45) is 0 Å². The van der Waals surface area contributed by atoms with E-state index in [0.29, 0.717) is 6.42 Å². The van der Waals surface area contributed by atoms with Crippen molar-refractivity contribution >= 4 is 15.9 Å². The fraction of sp³-hybridized carbons (Fsp3) is 0.375.